The molecule has 1 aliphatic rings. The lowest BCUT2D eigenvalue weighted by Gasteiger charge is -2.23. The van der Waals surface area contributed by atoms with Gasteiger partial charge < -0.3 is 15.0 Å². The van der Waals surface area contributed by atoms with E-state index in [9.17, 15) is 4.79 Å². The van der Waals surface area contributed by atoms with Crippen LogP contribution in [0, 0.1) is 0 Å². The molecule has 1 atom stereocenters. The SMILES string of the molecule is [2H]c1c(C2CNCCO2)c([2H])c2nc[nH]c(=O)c2c1[2H]. The lowest BCUT2D eigenvalue weighted by atomic mass is 10.1. The van der Waals surface area contributed by atoms with Crippen LogP contribution in [0.2, 0.25) is 0 Å². The van der Waals surface area contributed by atoms with Crippen LogP contribution < -0.4 is 10.9 Å². The van der Waals surface area contributed by atoms with E-state index >= 15 is 0 Å². The number of rotatable bonds is 1. The van der Waals surface area contributed by atoms with E-state index in [2.05, 4.69) is 15.3 Å². The summed E-state index contributed by atoms with van der Waals surface area (Å²) in [6.07, 6.45) is 0.744. The van der Waals surface area contributed by atoms with Crippen LogP contribution in [0.3, 0.4) is 0 Å². The van der Waals surface area contributed by atoms with Gasteiger partial charge in [0.25, 0.3) is 5.56 Å². The molecule has 2 aromatic rings. The van der Waals surface area contributed by atoms with Gasteiger partial charge in [-0.3, -0.25) is 4.79 Å². The zero-order valence-corrected chi connectivity index (χ0v) is 9.04. The Labute approximate surface area is 102 Å². The van der Waals surface area contributed by atoms with Crippen molar-refractivity contribution in [2.75, 3.05) is 19.7 Å². The normalized spacial score (nSPS) is 23.1. The molecular weight excluding hydrogens is 218 g/mol. The van der Waals surface area contributed by atoms with E-state index in [-0.39, 0.29) is 29.0 Å². The number of nitrogens with zero attached hydrogens (tertiary/aromatic N) is 1. The Morgan fingerprint density at radius 3 is 3.29 bits per heavy atom. The van der Waals surface area contributed by atoms with Crippen molar-refractivity contribution in [2.24, 2.45) is 0 Å². The number of nitrogens with one attached hydrogen (secondary N) is 2. The summed E-state index contributed by atoms with van der Waals surface area (Å²) < 4.78 is 29.8. The molecule has 1 aromatic heterocycles. The van der Waals surface area contributed by atoms with Gasteiger partial charge in [-0.1, -0.05) is 6.04 Å². The van der Waals surface area contributed by atoms with Crippen LogP contribution in [-0.2, 0) is 4.74 Å². The molecule has 1 aliphatic heterocycles. The Bertz CT molecular complexity index is 726. The zero-order valence-electron chi connectivity index (χ0n) is 12.0. The molecule has 3 rings (SSSR count). The third kappa shape index (κ3) is 1.94. The molecule has 0 spiro atoms. The Morgan fingerprint density at radius 1 is 1.53 bits per heavy atom. The predicted octanol–water partition coefficient (Wildman–Crippen LogP) is 0.584. The molecule has 1 unspecified atom stereocenters. The summed E-state index contributed by atoms with van der Waals surface area (Å²) in [5.41, 5.74) is -0.0528. The minimum Gasteiger partial charge on any atom is -0.371 e. The van der Waals surface area contributed by atoms with E-state index in [0.717, 1.165) is 6.54 Å². The van der Waals surface area contributed by atoms with Crippen molar-refractivity contribution < 1.29 is 8.85 Å². The Hall–Kier alpha value is -1.72. The Kier molecular flexibility index (Phi) is 1.90. The summed E-state index contributed by atoms with van der Waals surface area (Å²) in [6, 6.07) is -0.370. The third-order valence-corrected chi connectivity index (χ3v) is 2.68. The molecular formula is C12H13N3O2. The standard InChI is InChI=1S/C12H13N3O2/c16-12-9-2-1-8(5-10(9)14-7-15-12)11-6-13-3-4-17-11/h1-2,5,7,11,13H,3-4,6H2,(H,14,15,16)/i1D,2D,5D. The van der Waals surface area contributed by atoms with Crippen molar-refractivity contribution in [3.63, 3.8) is 0 Å². The fourth-order valence-corrected chi connectivity index (χ4v) is 1.81. The van der Waals surface area contributed by atoms with Gasteiger partial charge in [-0.05, 0) is 17.6 Å². The summed E-state index contributed by atoms with van der Waals surface area (Å²) in [4.78, 5) is 18.1. The zero-order chi connectivity index (χ0) is 14.3. The second kappa shape index (κ2) is 4.27. The van der Waals surface area contributed by atoms with Crippen molar-refractivity contribution in [2.45, 2.75) is 6.10 Å². The molecule has 5 heteroatoms. The number of aromatic amines is 1. The van der Waals surface area contributed by atoms with Gasteiger partial charge >= 0.3 is 0 Å². The molecule has 5 nitrogen and oxygen atoms in total. The first-order chi connectivity index (χ1) is 9.61. The molecule has 0 radical (unpaired) electrons. The van der Waals surface area contributed by atoms with Gasteiger partial charge in [0.15, 0.2) is 0 Å². The minimum absolute atomic E-state index is 0.0131. The van der Waals surface area contributed by atoms with Gasteiger partial charge in [0, 0.05) is 13.1 Å². The molecule has 1 saturated heterocycles. The van der Waals surface area contributed by atoms with Crippen molar-refractivity contribution in [1.29, 1.82) is 0 Å². The number of hydrogen-bond acceptors (Lipinski definition) is 4. The van der Waals surface area contributed by atoms with E-state index in [1.165, 1.54) is 6.33 Å². The second-order valence-corrected chi connectivity index (χ2v) is 3.81. The largest absolute Gasteiger partial charge is 0.371 e. The highest BCUT2D eigenvalue weighted by molar-refractivity contribution is 5.77. The molecule has 2 heterocycles. The van der Waals surface area contributed by atoms with Crippen LogP contribution in [0.25, 0.3) is 10.9 Å². The number of fused-ring (bicyclic) bond motifs is 1. The van der Waals surface area contributed by atoms with Crippen LogP contribution >= 0.6 is 0 Å². The molecule has 0 aliphatic carbocycles. The third-order valence-electron chi connectivity index (χ3n) is 2.68. The number of benzene rings is 1. The van der Waals surface area contributed by atoms with Crippen LogP contribution in [0.5, 0.6) is 0 Å². The quantitative estimate of drug-likeness (QED) is 0.757. The fourth-order valence-electron chi connectivity index (χ4n) is 1.81. The molecule has 2 N–H and O–H groups in total. The average molecular weight is 234 g/mol. The summed E-state index contributed by atoms with van der Waals surface area (Å²) in [7, 11) is 0. The van der Waals surface area contributed by atoms with Crippen molar-refractivity contribution >= 4 is 10.9 Å². The van der Waals surface area contributed by atoms with E-state index in [1.54, 1.807) is 0 Å². The van der Waals surface area contributed by atoms with Gasteiger partial charge in [-0.2, -0.15) is 0 Å². The lowest BCUT2D eigenvalue weighted by Crippen LogP contribution is -2.33. The summed E-state index contributed by atoms with van der Waals surface area (Å²) in [5.74, 6) is 0. The highest BCUT2D eigenvalue weighted by Gasteiger charge is 2.16. The first-order valence-electron chi connectivity index (χ1n) is 6.90. The van der Waals surface area contributed by atoms with E-state index in [0.29, 0.717) is 18.7 Å². The first-order valence-corrected chi connectivity index (χ1v) is 5.40. The van der Waals surface area contributed by atoms with Crippen LogP contribution in [-0.4, -0.2) is 29.7 Å². The topological polar surface area (TPSA) is 67.0 Å². The van der Waals surface area contributed by atoms with E-state index in [1.807, 2.05) is 0 Å². The van der Waals surface area contributed by atoms with Crippen molar-refractivity contribution in [3.8, 4) is 0 Å². The van der Waals surface area contributed by atoms with Crippen LogP contribution in [0.15, 0.2) is 29.2 Å². The lowest BCUT2D eigenvalue weighted by molar-refractivity contribution is 0.0278. The van der Waals surface area contributed by atoms with Gasteiger partial charge in [-0.25, -0.2) is 4.98 Å². The smallest absolute Gasteiger partial charge is 0.258 e. The molecule has 1 aromatic carbocycles. The monoisotopic (exact) mass is 234 g/mol. The van der Waals surface area contributed by atoms with Gasteiger partial charge in [0.2, 0.25) is 0 Å². The first kappa shape index (κ1) is 7.58. The minimum atomic E-state index is -0.503. The molecule has 1 fully saturated rings. The van der Waals surface area contributed by atoms with Crippen molar-refractivity contribution in [1.82, 2.24) is 15.3 Å². The number of morpholine rings is 1. The second-order valence-electron chi connectivity index (χ2n) is 3.81. The number of H-pyrrole nitrogens is 1. The number of ether oxygens (including phenoxy) is 1. The highest BCUT2D eigenvalue weighted by Crippen LogP contribution is 2.21. The molecule has 88 valence electrons. The molecule has 0 saturated carbocycles. The van der Waals surface area contributed by atoms with E-state index < -0.39 is 11.7 Å². The summed E-state index contributed by atoms with van der Waals surface area (Å²) in [5, 5.41) is 3.11. The summed E-state index contributed by atoms with van der Waals surface area (Å²) >= 11 is 0. The average Bonchev–Trinajstić information content (AvgIpc) is 2.46. The Morgan fingerprint density at radius 2 is 2.47 bits per heavy atom. The predicted molar refractivity (Wildman–Crippen MR) is 63.9 cm³/mol. The van der Waals surface area contributed by atoms with E-state index in [4.69, 9.17) is 8.85 Å². The maximum absolute atomic E-state index is 11.8. The number of hydrogen-bond donors (Lipinski definition) is 2. The van der Waals surface area contributed by atoms with Gasteiger partial charge in [0.1, 0.15) is 0 Å². The maximum Gasteiger partial charge on any atom is 0.258 e. The fraction of sp³-hybridized carbons (Fsp3) is 0.333. The molecule has 0 bridgehead atoms. The van der Waals surface area contributed by atoms with Gasteiger partial charge in [-0.15, -0.1) is 0 Å². The summed E-state index contributed by atoms with van der Waals surface area (Å²) in [6.45, 7) is 1.68. The van der Waals surface area contributed by atoms with Crippen molar-refractivity contribution in [3.05, 3.63) is 40.4 Å². The molecule has 0 amide bonds. The number of aromatic nitrogens is 2. The maximum atomic E-state index is 11.8. The van der Waals surface area contributed by atoms with Crippen LogP contribution in [0.1, 0.15) is 15.8 Å². The highest BCUT2D eigenvalue weighted by atomic mass is 16.5. The molecule has 17 heavy (non-hydrogen) atoms. The Balaban J connectivity index is 2.30. The van der Waals surface area contributed by atoms with Gasteiger partial charge in [0.05, 0.1) is 34.1 Å². The van der Waals surface area contributed by atoms with Crippen LogP contribution in [0.4, 0.5) is 0 Å².